The third kappa shape index (κ3) is 5.09. The summed E-state index contributed by atoms with van der Waals surface area (Å²) in [6, 6.07) is 11.0. The van der Waals surface area contributed by atoms with Crippen molar-refractivity contribution in [2.24, 2.45) is 5.92 Å². The number of nitrogens with zero attached hydrogens (tertiary/aromatic N) is 2. The molecule has 0 saturated carbocycles. The maximum absolute atomic E-state index is 12.7. The van der Waals surface area contributed by atoms with E-state index in [0.717, 1.165) is 37.2 Å². The van der Waals surface area contributed by atoms with E-state index < -0.39 is 0 Å². The van der Waals surface area contributed by atoms with Crippen LogP contribution in [0.3, 0.4) is 0 Å². The maximum atomic E-state index is 12.7. The zero-order valence-corrected chi connectivity index (χ0v) is 16.5. The fourth-order valence-electron chi connectivity index (χ4n) is 3.47. The maximum Gasteiger partial charge on any atom is 0.272 e. The molecule has 1 fully saturated rings. The summed E-state index contributed by atoms with van der Waals surface area (Å²) in [5.74, 6) is 0.998. The predicted octanol–water partition coefficient (Wildman–Crippen LogP) is 2.93. The van der Waals surface area contributed by atoms with E-state index >= 15 is 0 Å². The van der Waals surface area contributed by atoms with Gasteiger partial charge in [0.1, 0.15) is 11.4 Å². The van der Waals surface area contributed by atoms with Crippen molar-refractivity contribution in [3.05, 3.63) is 59.4 Å². The second kappa shape index (κ2) is 9.35. The molecule has 1 saturated heterocycles. The largest absolute Gasteiger partial charge is 0.497 e. The van der Waals surface area contributed by atoms with E-state index in [1.807, 2.05) is 29.2 Å². The van der Waals surface area contributed by atoms with Crippen LogP contribution >= 0.6 is 0 Å². The van der Waals surface area contributed by atoms with E-state index in [0.29, 0.717) is 30.1 Å². The number of hydrogen-bond acceptors (Lipinski definition) is 4. The highest BCUT2D eigenvalue weighted by Gasteiger charge is 2.23. The van der Waals surface area contributed by atoms with Crippen LogP contribution in [0.4, 0.5) is 0 Å². The quantitative estimate of drug-likeness (QED) is 0.835. The molecule has 6 nitrogen and oxygen atoms in total. The van der Waals surface area contributed by atoms with Gasteiger partial charge in [-0.15, -0.1) is 0 Å². The highest BCUT2D eigenvalue weighted by molar-refractivity contribution is 5.98. The van der Waals surface area contributed by atoms with Gasteiger partial charge in [0.05, 0.1) is 7.11 Å². The van der Waals surface area contributed by atoms with E-state index in [-0.39, 0.29) is 11.8 Å². The predicted molar refractivity (Wildman–Crippen MR) is 108 cm³/mol. The van der Waals surface area contributed by atoms with Crippen molar-refractivity contribution >= 4 is 11.8 Å². The van der Waals surface area contributed by atoms with E-state index in [9.17, 15) is 9.59 Å². The van der Waals surface area contributed by atoms with Gasteiger partial charge in [0.2, 0.25) is 0 Å². The number of carbonyl (C=O) groups is 2. The van der Waals surface area contributed by atoms with Gasteiger partial charge in [-0.2, -0.15) is 0 Å². The number of methoxy groups -OCH3 is 1. The molecule has 1 aliphatic heterocycles. The summed E-state index contributed by atoms with van der Waals surface area (Å²) < 4.78 is 5.21. The number of amides is 2. The summed E-state index contributed by atoms with van der Waals surface area (Å²) in [7, 11) is 1.63. The molecule has 0 radical (unpaired) electrons. The molecule has 1 N–H and O–H groups in total. The van der Waals surface area contributed by atoms with Crippen LogP contribution in [-0.2, 0) is 6.42 Å². The molecule has 28 heavy (non-hydrogen) atoms. The van der Waals surface area contributed by atoms with Crippen LogP contribution in [0.15, 0.2) is 42.6 Å². The standard InChI is InChI=1S/C22H27N3O3/c1-16-5-4-12-25(15-16)22(27)20-14-18(9-11-23-20)21(26)24-10-8-17-6-3-7-19(13-17)28-2/h3,6-7,9,11,13-14,16H,4-5,8,10,12,15H2,1-2H3,(H,24,26). The van der Waals surface area contributed by atoms with Gasteiger partial charge in [-0.3, -0.25) is 14.6 Å². The van der Waals surface area contributed by atoms with Crippen LogP contribution in [-0.4, -0.2) is 48.4 Å². The van der Waals surface area contributed by atoms with E-state index in [4.69, 9.17) is 4.74 Å². The minimum absolute atomic E-state index is 0.0995. The molecule has 2 aromatic rings. The lowest BCUT2D eigenvalue weighted by Gasteiger charge is -2.30. The Morgan fingerprint density at radius 2 is 2.14 bits per heavy atom. The van der Waals surface area contributed by atoms with Crippen molar-refractivity contribution in [1.29, 1.82) is 0 Å². The Labute approximate surface area is 165 Å². The number of aromatic nitrogens is 1. The van der Waals surface area contributed by atoms with Crippen LogP contribution in [0.25, 0.3) is 0 Å². The third-order valence-corrected chi connectivity index (χ3v) is 5.02. The van der Waals surface area contributed by atoms with Gasteiger partial charge in [0.15, 0.2) is 0 Å². The molecule has 1 aliphatic rings. The molecule has 1 atom stereocenters. The van der Waals surface area contributed by atoms with Crippen LogP contribution in [0.5, 0.6) is 5.75 Å². The van der Waals surface area contributed by atoms with Crippen molar-refractivity contribution < 1.29 is 14.3 Å². The van der Waals surface area contributed by atoms with Gasteiger partial charge in [-0.05, 0) is 55.0 Å². The van der Waals surface area contributed by atoms with E-state index in [1.54, 1.807) is 19.2 Å². The van der Waals surface area contributed by atoms with Crippen LogP contribution in [0, 0.1) is 5.92 Å². The SMILES string of the molecule is COc1cccc(CCNC(=O)c2ccnc(C(=O)N3CCCC(C)C3)c2)c1. The summed E-state index contributed by atoms with van der Waals surface area (Å²) in [5.41, 5.74) is 1.87. The number of likely N-dealkylation sites (tertiary alicyclic amines) is 1. The molecule has 1 aromatic carbocycles. The Hall–Kier alpha value is -2.89. The molecule has 148 valence electrons. The molecule has 0 bridgehead atoms. The molecule has 2 heterocycles. The average molecular weight is 381 g/mol. The molecular formula is C22H27N3O3. The first-order valence-electron chi connectivity index (χ1n) is 9.73. The molecule has 2 amide bonds. The van der Waals surface area contributed by atoms with Gasteiger partial charge in [-0.1, -0.05) is 19.1 Å². The number of hydrogen-bond donors (Lipinski definition) is 1. The Bertz CT molecular complexity index is 837. The average Bonchev–Trinajstić information content (AvgIpc) is 2.73. The minimum Gasteiger partial charge on any atom is -0.497 e. The van der Waals surface area contributed by atoms with E-state index in [2.05, 4.69) is 17.2 Å². The smallest absolute Gasteiger partial charge is 0.272 e. The topological polar surface area (TPSA) is 71.5 Å². The molecule has 0 spiro atoms. The Morgan fingerprint density at radius 1 is 1.29 bits per heavy atom. The Balaban J connectivity index is 1.58. The van der Waals surface area contributed by atoms with Gasteiger partial charge in [0, 0.05) is 31.4 Å². The van der Waals surface area contributed by atoms with Crippen molar-refractivity contribution in [3.8, 4) is 5.75 Å². The minimum atomic E-state index is -0.202. The summed E-state index contributed by atoms with van der Waals surface area (Å²) >= 11 is 0. The van der Waals surface area contributed by atoms with Gasteiger partial charge in [0.25, 0.3) is 11.8 Å². The summed E-state index contributed by atoms with van der Waals surface area (Å²) in [6.45, 7) is 4.15. The highest BCUT2D eigenvalue weighted by Crippen LogP contribution is 2.18. The summed E-state index contributed by atoms with van der Waals surface area (Å²) in [6.07, 6.45) is 4.38. The lowest BCUT2D eigenvalue weighted by atomic mass is 10.00. The molecular weight excluding hydrogens is 354 g/mol. The summed E-state index contributed by atoms with van der Waals surface area (Å²) in [4.78, 5) is 31.2. The van der Waals surface area contributed by atoms with Crippen LogP contribution in [0.1, 0.15) is 46.2 Å². The fourth-order valence-corrected chi connectivity index (χ4v) is 3.47. The van der Waals surface area contributed by atoms with E-state index in [1.165, 1.54) is 6.20 Å². The summed E-state index contributed by atoms with van der Waals surface area (Å²) in [5, 5.41) is 2.91. The van der Waals surface area contributed by atoms with Crippen LogP contribution < -0.4 is 10.1 Å². The number of ether oxygens (including phenoxy) is 1. The second-order valence-corrected chi connectivity index (χ2v) is 7.29. The van der Waals surface area contributed by atoms with Gasteiger partial charge < -0.3 is 15.0 Å². The molecule has 1 unspecified atom stereocenters. The first-order valence-corrected chi connectivity index (χ1v) is 9.73. The molecule has 6 heteroatoms. The Kier molecular flexibility index (Phi) is 6.63. The zero-order valence-electron chi connectivity index (χ0n) is 16.5. The lowest BCUT2D eigenvalue weighted by Crippen LogP contribution is -2.39. The van der Waals surface area contributed by atoms with Gasteiger partial charge in [-0.25, -0.2) is 0 Å². The zero-order chi connectivity index (χ0) is 19.9. The molecule has 0 aliphatic carbocycles. The fraction of sp³-hybridized carbons (Fsp3) is 0.409. The first kappa shape index (κ1) is 19.9. The van der Waals surface area contributed by atoms with Crippen molar-refractivity contribution in [2.75, 3.05) is 26.7 Å². The number of carbonyl (C=O) groups excluding carboxylic acids is 2. The number of pyridine rings is 1. The number of nitrogens with one attached hydrogen (secondary N) is 1. The van der Waals surface area contributed by atoms with Gasteiger partial charge >= 0.3 is 0 Å². The number of rotatable bonds is 6. The normalized spacial score (nSPS) is 16.5. The number of benzene rings is 1. The number of piperidine rings is 1. The van der Waals surface area contributed by atoms with Crippen molar-refractivity contribution in [1.82, 2.24) is 15.2 Å². The molecule has 3 rings (SSSR count). The van der Waals surface area contributed by atoms with Crippen molar-refractivity contribution in [3.63, 3.8) is 0 Å². The third-order valence-electron chi connectivity index (χ3n) is 5.02. The lowest BCUT2D eigenvalue weighted by molar-refractivity contribution is 0.0677. The Morgan fingerprint density at radius 3 is 2.93 bits per heavy atom. The van der Waals surface area contributed by atoms with Crippen LogP contribution in [0.2, 0.25) is 0 Å². The molecule has 1 aromatic heterocycles. The highest BCUT2D eigenvalue weighted by atomic mass is 16.5. The monoisotopic (exact) mass is 381 g/mol. The van der Waals surface area contributed by atoms with Crippen molar-refractivity contribution in [2.45, 2.75) is 26.2 Å². The second-order valence-electron chi connectivity index (χ2n) is 7.29. The first-order chi connectivity index (χ1) is 13.6.